The van der Waals surface area contributed by atoms with Crippen LogP contribution in [0.25, 0.3) is 0 Å². The molecule has 0 saturated heterocycles. The predicted octanol–water partition coefficient (Wildman–Crippen LogP) is 5.02. The number of methoxy groups -OCH3 is 1. The molecule has 25 heavy (non-hydrogen) atoms. The maximum atomic E-state index is 6.23. The second kappa shape index (κ2) is 6.60. The van der Waals surface area contributed by atoms with Crippen molar-refractivity contribution in [3.05, 3.63) is 58.6 Å². The largest absolute Gasteiger partial charge is 0.497 e. The van der Waals surface area contributed by atoms with Crippen molar-refractivity contribution in [2.45, 2.75) is 38.5 Å². The van der Waals surface area contributed by atoms with Crippen molar-refractivity contribution < 1.29 is 9.47 Å². The second-order valence-corrected chi connectivity index (χ2v) is 6.86. The van der Waals surface area contributed by atoms with E-state index in [1.54, 1.807) is 7.11 Å². The summed E-state index contributed by atoms with van der Waals surface area (Å²) in [6.07, 6.45) is 2.78. The van der Waals surface area contributed by atoms with Crippen molar-refractivity contribution >= 4 is 17.3 Å². The number of hydrogen-bond donors (Lipinski definition) is 0. The van der Waals surface area contributed by atoms with Crippen molar-refractivity contribution in [1.82, 2.24) is 5.01 Å². The van der Waals surface area contributed by atoms with Crippen molar-refractivity contribution in [2.75, 3.05) is 7.11 Å². The highest BCUT2D eigenvalue weighted by atomic mass is 35.5. The maximum absolute atomic E-state index is 6.23. The van der Waals surface area contributed by atoms with Gasteiger partial charge in [0.15, 0.2) is 6.23 Å². The van der Waals surface area contributed by atoms with Crippen molar-refractivity contribution in [1.29, 1.82) is 0 Å². The lowest BCUT2D eigenvalue weighted by molar-refractivity contribution is -0.0223. The smallest absolute Gasteiger partial charge is 0.187 e. The Labute approximate surface area is 153 Å². The molecule has 0 radical (unpaired) electrons. The molecule has 2 aromatic rings. The first kappa shape index (κ1) is 16.3. The summed E-state index contributed by atoms with van der Waals surface area (Å²) in [7, 11) is 1.68. The number of halogens is 1. The van der Waals surface area contributed by atoms with Gasteiger partial charge in [-0.15, -0.1) is 0 Å². The molecule has 0 saturated carbocycles. The van der Waals surface area contributed by atoms with Gasteiger partial charge in [0.1, 0.15) is 11.5 Å². The number of hydrazone groups is 1. The third kappa shape index (κ3) is 2.95. The highest BCUT2D eigenvalue weighted by Gasteiger charge is 2.39. The Morgan fingerprint density at radius 2 is 2.16 bits per heavy atom. The number of hydrogen-bond acceptors (Lipinski definition) is 4. The van der Waals surface area contributed by atoms with Gasteiger partial charge < -0.3 is 9.47 Å². The molecule has 4 rings (SSSR count). The quantitative estimate of drug-likeness (QED) is 0.771. The Hall–Kier alpha value is -2.20. The first-order valence-corrected chi connectivity index (χ1v) is 9.03. The van der Waals surface area contributed by atoms with E-state index in [-0.39, 0.29) is 12.3 Å². The monoisotopic (exact) mass is 356 g/mol. The molecule has 0 N–H and O–H groups in total. The van der Waals surface area contributed by atoms with Crippen LogP contribution in [0.4, 0.5) is 0 Å². The van der Waals surface area contributed by atoms with Crippen molar-refractivity contribution in [3.63, 3.8) is 0 Å². The SMILES string of the molecule is CCC[C@H]1Oc2ccc(Cl)cc2[C@@H]2CC(c3cccc(OC)c3)=NN12. The van der Waals surface area contributed by atoms with Gasteiger partial charge in [-0.2, -0.15) is 5.10 Å². The average Bonchev–Trinajstić information content (AvgIpc) is 3.08. The molecule has 2 aromatic carbocycles. The van der Waals surface area contributed by atoms with E-state index in [1.807, 2.05) is 36.4 Å². The molecule has 4 nitrogen and oxygen atoms in total. The van der Waals surface area contributed by atoms with Crippen molar-refractivity contribution in [2.24, 2.45) is 5.10 Å². The van der Waals surface area contributed by atoms with Gasteiger partial charge in [-0.05, 0) is 30.3 Å². The number of rotatable bonds is 4. The zero-order chi connectivity index (χ0) is 17.4. The predicted molar refractivity (Wildman–Crippen MR) is 99.5 cm³/mol. The zero-order valence-corrected chi connectivity index (χ0v) is 15.2. The second-order valence-electron chi connectivity index (χ2n) is 6.42. The molecule has 0 bridgehead atoms. The van der Waals surface area contributed by atoms with E-state index in [1.165, 1.54) is 0 Å². The summed E-state index contributed by atoms with van der Waals surface area (Å²) < 4.78 is 11.6. The van der Waals surface area contributed by atoms with E-state index in [0.717, 1.165) is 52.6 Å². The van der Waals surface area contributed by atoms with E-state index in [0.29, 0.717) is 0 Å². The highest BCUT2D eigenvalue weighted by Crippen LogP contribution is 2.44. The molecule has 2 aliphatic rings. The maximum Gasteiger partial charge on any atom is 0.187 e. The van der Waals surface area contributed by atoms with Crippen LogP contribution in [0.2, 0.25) is 5.02 Å². The molecule has 0 spiro atoms. The molecule has 2 aliphatic heterocycles. The van der Waals surface area contributed by atoms with Crippen LogP contribution < -0.4 is 9.47 Å². The van der Waals surface area contributed by atoms with Crippen LogP contribution in [0.15, 0.2) is 47.6 Å². The van der Waals surface area contributed by atoms with Crippen LogP contribution in [0.5, 0.6) is 11.5 Å². The van der Waals surface area contributed by atoms with Gasteiger partial charge in [0.25, 0.3) is 0 Å². The van der Waals surface area contributed by atoms with E-state index < -0.39 is 0 Å². The summed E-state index contributed by atoms with van der Waals surface area (Å²) in [4.78, 5) is 0. The summed E-state index contributed by atoms with van der Waals surface area (Å²) in [5.74, 6) is 1.76. The van der Waals surface area contributed by atoms with Gasteiger partial charge in [0.05, 0.1) is 18.9 Å². The minimum absolute atomic E-state index is 0.0354. The molecule has 0 unspecified atom stereocenters. The fourth-order valence-corrected chi connectivity index (χ4v) is 3.73. The number of benzene rings is 2. The van der Waals surface area contributed by atoms with Crippen LogP contribution in [-0.2, 0) is 0 Å². The normalized spacial score (nSPS) is 21.2. The van der Waals surface area contributed by atoms with E-state index in [2.05, 4.69) is 18.0 Å². The molecule has 2 atom stereocenters. The minimum atomic E-state index is -0.0354. The Morgan fingerprint density at radius 3 is 2.96 bits per heavy atom. The van der Waals surface area contributed by atoms with Crippen LogP contribution in [-0.4, -0.2) is 24.1 Å². The summed E-state index contributed by atoms with van der Waals surface area (Å²) in [5.41, 5.74) is 3.26. The minimum Gasteiger partial charge on any atom is -0.497 e. The lowest BCUT2D eigenvalue weighted by atomic mass is 9.96. The molecule has 0 fully saturated rings. The standard InChI is InChI=1S/C20H21ClN2O2/c1-3-5-20-23-18(16-11-14(21)8-9-19(16)25-20)12-17(22-23)13-6-4-7-15(10-13)24-2/h4,6-11,18,20H,3,5,12H2,1-2H3/t18-,20+/m0/s1. The first-order valence-electron chi connectivity index (χ1n) is 8.66. The topological polar surface area (TPSA) is 34.1 Å². The third-order valence-electron chi connectivity index (χ3n) is 4.77. The third-order valence-corrected chi connectivity index (χ3v) is 5.00. The molecule has 130 valence electrons. The molecule has 0 aliphatic carbocycles. The highest BCUT2D eigenvalue weighted by molar-refractivity contribution is 6.30. The Morgan fingerprint density at radius 1 is 1.28 bits per heavy atom. The molecule has 2 heterocycles. The zero-order valence-electron chi connectivity index (χ0n) is 14.4. The van der Waals surface area contributed by atoms with Gasteiger partial charge in [-0.3, -0.25) is 5.01 Å². The van der Waals surface area contributed by atoms with Gasteiger partial charge in [0.2, 0.25) is 0 Å². The van der Waals surface area contributed by atoms with Gasteiger partial charge in [0, 0.05) is 29.0 Å². The van der Waals surface area contributed by atoms with Crippen molar-refractivity contribution in [3.8, 4) is 11.5 Å². The summed E-state index contributed by atoms with van der Waals surface area (Å²) in [6.45, 7) is 2.17. The fraction of sp³-hybridized carbons (Fsp3) is 0.350. The molecule has 0 aromatic heterocycles. The van der Waals surface area contributed by atoms with Crippen LogP contribution in [0.3, 0.4) is 0 Å². The number of fused-ring (bicyclic) bond motifs is 3. The summed E-state index contributed by atoms with van der Waals surface area (Å²) >= 11 is 6.23. The van der Waals surface area contributed by atoms with Crippen LogP contribution in [0, 0.1) is 0 Å². The van der Waals surface area contributed by atoms with Gasteiger partial charge in [-0.1, -0.05) is 37.1 Å². The average molecular weight is 357 g/mol. The molecular weight excluding hydrogens is 336 g/mol. The van der Waals surface area contributed by atoms with E-state index in [9.17, 15) is 0 Å². The molecular formula is C20H21ClN2O2. The Balaban J connectivity index is 1.72. The van der Waals surface area contributed by atoms with Crippen LogP contribution in [0.1, 0.15) is 43.4 Å². The summed E-state index contributed by atoms with van der Waals surface area (Å²) in [5, 5.41) is 7.75. The van der Waals surface area contributed by atoms with Gasteiger partial charge in [-0.25, -0.2) is 0 Å². The van der Waals surface area contributed by atoms with Gasteiger partial charge >= 0.3 is 0 Å². The fourth-order valence-electron chi connectivity index (χ4n) is 3.55. The number of ether oxygens (including phenoxy) is 2. The number of nitrogens with zero attached hydrogens (tertiary/aromatic N) is 2. The molecule has 0 amide bonds. The molecule has 5 heteroatoms. The van der Waals surface area contributed by atoms with E-state index in [4.69, 9.17) is 26.2 Å². The lowest BCUT2D eigenvalue weighted by Gasteiger charge is -2.38. The Bertz CT molecular complexity index is 821. The first-order chi connectivity index (χ1) is 12.2. The van der Waals surface area contributed by atoms with Crippen LogP contribution >= 0.6 is 11.6 Å². The Kier molecular flexibility index (Phi) is 4.30. The summed E-state index contributed by atoms with van der Waals surface area (Å²) in [6, 6.07) is 14.1. The van der Waals surface area contributed by atoms with E-state index >= 15 is 0 Å². The lowest BCUT2D eigenvalue weighted by Crippen LogP contribution is -2.40.